The third kappa shape index (κ3) is 1.58. The summed E-state index contributed by atoms with van der Waals surface area (Å²) in [6.45, 7) is 4.52. The lowest BCUT2D eigenvalue weighted by Crippen LogP contribution is -2.44. The van der Waals surface area contributed by atoms with Crippen molar-refractivity contribution in [2.45, 2.75) is 19.9 Å². The molecule has 1 rings (SSSR count). The number of carbonyl (C=O) groups is 1. The Morgan fingerprint density at radius 1 is 1.67 bits per heavy atom. The Labute approximate surface area is 72.0 Å². The normalized spacial score (nSPS) is 23.4. The van der Waals surface area contributed by atoms with Crippen LogP contribution < -0.4 is 10.6 Å². The van der Waals surface area contributed by atoms with Gasteiger partial charge in [-0.3, -0.25) is 5.32 Å². The fourth-order valence-corrected chi connectivity index (χ4v) is 1.30. The standard InChI is InChI=1S/C8H14N2O2/c1-5-7(8(11)12-3)6(2)10-4-9-5/h5,9-10H,4H2,1-3H3. The molecule has 0 aromatic carbocycles. The Kier molecular flexibility index (Phi) is 2.70. The van der Waals surface area contributed by atoms with Crippen LogP contribution in [0.15, 0.2) is 11.3 Å². The molecular weight excluding hydrogens is 156 g/mol. The summed E-state index contributed by atoms with van der Waals surface area (Å²) in [6.07, 6.45) is 0. The summed E-state index contributed by atoms with van der Waals surface area (Å²) in [5, 5.41) is 6.15. The molecule has 0 saturated carbocycles. The topological polar surface area (TPSA) is 50.4 Å². The van der Waals surface area contributed by atoms with Crippen LogP contribution in [0.4, 0.5) is 0 Å². The Morgan fingerprint density at radius 3 is 2.83 bits per heavy atom. The number of methoxy groups -OCH3 is 1. The second-order valence-corrected chi connectivity index (χ2v) is 2.81. The highest BCUT2D eigenvalue weighted by atomic mass is 16.5. The lowest BCUT2D eigenvalue weighted by Gasteiger charge is -2.25. The van der Waals surface area contributed by atoms with E-state index >= 15 is 0 Å². The molecule has 0 fully saturated rings. The van der Waals surface area contributed by atoms with Gasteiger partial charge in [-0.2, -0.15) is 0 Å². The molecule has 0 aromatic rings. The maximum absolute atomic E-state index is 11.2. The van der Waals surface area contributed by atoms with E-state index in [4.69, 9.17) is 0 Å². The first-order chi connectivity index (χ1) is 5.66. The third-order valence-corrected chi connectivity index (χ3v) is 2.00. The van der Waals surface area contributed by atoms with Crippen molar-refractivity contribution in [3.63, 3.8) is 0 Å². The van der Waals surface area contributed by atoms with Crippen molar-refractivity contribution >= 4 is 5.97 Å². The van der Waals surface area contributed by atoms with Crippen molar-refractivity contribution in [3.05, 3.63) is 11.3 Å². The van der Waals surface area contributed by atoms with Gasteiger partial charge in [0.1, 0.15) is 0 Å². The van der Waals surface area contributed by atoms with Gasteiger partial charge in [0.15, 0.2) is 0 Å². The van der Waals surface area contributed by atoms with E-state index in [0.29, 0.717) is 12.2 Å². The van der Waals surface area contributed by atoms with Crippen LogP contribution in [-0.2, 0) is 9.53 Å². The van der Waals surface area contributed by atoms with Gasteiger partial charge in [0.05, 0.1) is 19.4 Å². The van der Waals surface area contributed by atoms with Gasteiger partial charge in [-0.05, 0) is 13.8 Å². The average Bonchev–Trinajstić information content (AvgIpc) is 2.03. The minimum absolute atomic E-state index is 0.0682. The third-order valence-electron chi connectivity index (χ3n) is 2.00. The summed E-state index contributed by atoms with van der Waals surface area (Å²) in [4.78, 5) is 11.2. The monoisotopic (exact) mass is 170 g/mol. The van der Waals surface area contributed by atoms with Gasteiger partial charge in [-0.15, -0.1) is 0 Å². The van der Waals surface area contributed by atoms with Crippen LogP contribution in [0, 0.1) is 0 Å². The van der Waals surface area contributed by atoms with Crippen molar-refractivity contribution in [1.82, 2.24) is 10.6 Å². The Bertz CT molecular complexity index is 223. The number of rotatable bonds is 1. The van der Waals surface area contributed by atoms with Crippen LogP contribution in [0.3, 0.4) is 0 Å². The van der Waals surface area contributed by atoms with E-state index in [1.54, 1.807) is 0 Å². The van der Waals surface area contributed by atoms with Crippen LogP contribution in [-0.4, -0.2) is 25.8 Å². The Morgan fingerprint density at radius 2 is 2.33 bits per heavy atom. The number of ether oxygens (including phenoxy) is 1. The predicted molar refractivity (Wildman–Crippen MR) is 45.3 cm³/mol. The number of allylic oxidation sites excluding steroid dienone is 1. The number of nitrogens with one attached hydrogen (secondary N) is 2. The first-order valence-electron chi connectivity index (χ1n) is 3.93. The molecule has 12 heavy (non-hydrogen) atoms. The molecule has 1 aliphatic heterocycles. The molecule has 1 atom stereocenters. The highest BCUT2D eigenvalue weighted by Gasteiger charge is 2.22. The number of carbonyl (C=O) groups excluding carboxylic acids is 1. The van der Waals surface area contributed by atoms with Gasteiger partial charge < -0.3 is 10.1 Å². The minimum atomic E-state index is -0.264. The maximum atomic E-state index is 11.2. The summed E-state index contributed by atoms with van der Waals surface area (Å²) in [6, 6.07) is 0.0682. The van der Waals surface area contributed by atoms with E-state index in [1.165, 1.54) is 7.11 Å². The molecular formula is C8H14N2O2. The van der Waals surface area contributed by atoms with Gasteiger partial charge in [0.2, 0.25) is 0 Å². The molecule has 68 valence electrons. The molecule has 0 aromatic heterocycles. The SMILES string of the molecule is COC(=O)C1=C(C)NCNC1C. The summed E-state index contributed by atoms with van der Waals surface area (Å²) >= 11 is 0. The number of hydrogen-bond acceptors (Lipinski definition) is 4. The van der Waals surface area contributed by atoms with Gasteiger partial charge in [0, 0.05) is 11.7 Å². The average molecular weight is 170 g/mol. The molecule has 2 N–H and O–H groups in total. The fourth-order valence-electron chi connectivity index (χ4n) is 1.30. The Balaban J connectivity index is 2.88. The van der Waals surface area contributed by atoms with Gasteiger partial charge >= 0.3 is 5.97 Å². The zero-order valence-corrected chi connectivity index (χ0v) is 7.60. The second kappa shape index (κ2) is 3.58. The molecule has 4 nitrogen and oxygen atoms in total. The van der Waals surface area contributed by atoms with E-state index in [9.17, 15) is 4.79 Å². The molecule has 0 aliphatic carbocycles. The largest absolute Gasteiger partial charge is 0.466 e. The van der Waals surface area contributed by atoms with Crippen LogP contribution in [0.25, 0.3) is 0 Å². The summed E-state index contributed by atoms with van der Waals surface area (Å²) in [7, 11) is 1.39. The second-order valence-electron chi connectivity index (χ2n) is 2.81. The summed E-state index contributed by atoms with van der Waals surface area (Å²) in [5.74, 6) is -0.264. The van der Waals surface area contributed by atoms with Crippen LogP contribution in [0.5, 0.6) is 0 Å². The molecule has 0 saturated heterocycles. The molecule has 0 spiro atoms. The Hall–Kier alpha value is -1.03. The highest BCUT2D eigenvalue weighted by molar-refractivity contribution is 5.90. The highest BCUT2D eigenvalue weighted by Crippen LogP contribution is 2.11. The number of hydrogen-bond donors (Lipinski definition) is 2. The molecule has 1 aliphatic rings. The van der Waals surface area contributed by atoms with Crippen molar-refractivity contribution < 1.29 is 9.53 Å². The molecule has 1 unspecified atom stereocenters. The van der Waals surface area contributed by atoms with Crippen molar-refractivity contribution in [1.29, 1.82) is 0 Å². The van der Waals surface area contributed by atoms with Crippen LogP contribution in [0.2, 0.25) is 0 Å². The maximum Gasteiger partial charge on any atom is 0.337 e. The van der Waals surface area contributed by atoms with Crippen molar-refractivity contribution in [2.75, 3.05) is 13.8 Å². The summed E-state index contributed by atoms with van der Waals surface area (Å²) < 4.78 is 4.65. The predicted octanol–water partition coefficient (Wildman–Crippen LogP) is -0.0278. The first kappa shape index (κ1) is 9.06. The minimum Gasteiger partial charge on any atom is -0.466 e. The van der Waals surface area contributed by atoms with Crippen molar-refractivity contribution in [2.24, 2.45) is 0 Å². The van der Waals surface area contributed by atoms with E-state index in [0.717, 1.165) is 5.70 Å². The fraction of sp³-hybridized carbons (Fsp3) is 0.625. The van der Waals surface area contributed by atoms with E-state index in [-0.39, 0.29) is 12.0 Å². The number of esters is 1. The van der Waals surface area contributed by atoms with Crippen molar-refractivity contribution in [3.8, 4) is 0 Å². The summed E-state index contributed by atoms with van der Waals surface area (Å²) in [5.41, 5.74) is 1.58. The van der Waals surface area contributed by atoms with E-state index < -0.39 is 0 Å². The lowest BCUT2D eigenvalue weighted by molar-refractivity contribution is -0.136. The quantitative estimate of drug-likeness (QED) is 0.543. The first-order valence-corrected chi connectivity index (χ1v) is 3.93. The smallest absolute Gasteiger partial charge is 0.337 e. The molecule has 0 amide bonds. The molecule has 0 radical (unpaired) electrons. The molecule has 4 heteroatoms. The van der Waals surface area contributed by atoms with E-state index in [1.807, 2.05) is 13.8 Å². The van der Waals surface area contributed by atoms with E-state index in [2.05, 4.69) is 15.4 Å². The van der Waals surface area contributed by atoms with Gasteiger partial charge in [0.25, 0.3) is 0 Å². The van der Waals surface area contributed by atoms with Gasteiger partial charge in [-0.25, -0.2) is 4.79 Å². The van der Waals surface area contributed by atoms with Crippen LogP contribution in [0.1, 0.15) is 13.8 Å². The molecule has 1 heterocycles. The van der Waals surface area contributed by atoms with Crippen LogP contribution >= 0.6 is 0 Å². The molecule has 0 bridgehead atoms. The van der Waals surface area contributed by atoms with Gasteiger partial charge in [-0.1, -0.05) is 0 Å². The zero-order chi connectivity index (χ0) is 9.14. The lowest BCUT2D eigenvalue weighted by atomic mass is 10.1. The zero-order valence-electron chi connectivity index (χ0n) is 7.60.